The number of hydrogen-bond acceptors (Lipinski definition) is 7. The summed E-state index contributed by atoms with van der Waals surface area (Å²) in [6.45, 7) is 2.28. The molecule has 2 aromatic carbocycles. The zero-order valence-electron chi connectivity index (χ0n) is 19.6. The standard InChI is InChI=1S/C27H26ClNO6/c1-15-24(27(31)33-9-8-32-2)25(18-12-22-23(13-19(18)28)35-14-34-22)26-20(29-15)10-17(11-21(26)30)16-6-4-3-5-7-16/h3-7,12-13,17,24-25H,8-11,14H2,1-2H3/t17-,24?,25-/m0/s1. The largest absolute Gasteiger partial charge is 0.463 e. The van der Waals surface area contributed by atoms with Gasteiger partial charge in [-0.15, -0.1) is 0 Å². The molecule has 0 radical (unpaired) electrons. The Morgan fingerprint density at radius 3 is 2.60 bits per heavy atom. The lowest BCUT2D eigenvalue weighted by molar-refractivity contribution is -0.147. The fourth-order valence-corrected chi connectivity index (χ4v) is 5.42. The summed E-state index contributed by atoms with van der Waals surface area (Å²) in [6.07, 6.45) is 0.939. The van der Waals surface area contributed by atoms with Gasteiger partial charge in [-0.2, -0.15) is 0 Å². The monoisotopic (exact) mass is 495 g/mol. The van der Waals surface area contributed by atoms with Gasteiger partial charge >= 0.3 is 5.97 Å². The summed E-state index contributed by atoms with van der Waals surface area (Å²) in [7, 11) is 1.54. The smallest absolute Gasteiger partial charge is 0.315 e. The summed E-state index contributed by atoms with van der Waals surface area (Å²) in [5, 5.41) is 0.397. The van der Waals surface area contributed by atoms with E-state index in [0.29, 0.717) is 51.9 Å². The fourth-order valence-electron chi connectivity index (χ4n) is 5.15. The molecule has 8 heteroatoms. The molecule has 35 heavy (non-hydrogen) atoms. The molecule has 0 fully saturated rings. The van der Waals surface area contributed by atoms with Crippen LogP contribution < -0.4 is 9.47 Å². The van der Waals surface area contributed by atoms with Crippen LogP contribution in [0.5, 0.6) is 11.5 Å². The van der Waals surface area contributed by atoms with E-state index >= 15 is 0 Å². The van der Waals surface area contributed by atoms with Crippen LogP contribution in [0.1, 0.15) is 42.7 Å². The van der Waals surface area contributed by atoms with E-state index in [0.717, 1.165) is 5.56 Å². The van der Waals surface area contributed by atoms with Crippen LogP contribution in [0, 0.1) is 5.92 Å². The highest BCUT2D eigenvalue weighted by atomic mass is 35.5. The zero-order valence-corrected chi connectivity index (χ0v) is 20.3. The molecule has 3 atom stereocenters. The maximum atomic E-state index is 13.7. The second-order valence-electron chi connectivity index (χ2n) is 8.90. The Balaban J connectivity index is 1.59. The lowest BCUT2D eigenvalue weighted by Gasteiger charge is -2.36. The van der Waals surface area contributed by atoms with Gasteiger partial charge in [0.2, 0.25) is 6.79 Å². The molecule has 2 aliphatic heterocycles. The number of ether oxygens (including phenoxy) is 4. The van der Waals surface area contributed by atoms with Crippen LogP contribution in [0.4, 0.5) is 0 Å². The number of benzene rings is 2. The van der Waals surface area contributed by atoms with Gasteiger partial charge < -0.3 is 18.9 Å². The van der Waals surface area contributed by atoms with Crippen LogP contribution in [0.2, 0.25) is 5.02 Å². The first kappa shape index (κ1) is 23.6. The highest BCUT2D eigenvalue weighted by Gasteiger charge is 2.46. The van der Waals surface area contributed by atoms with Gasteiger partial charge in [0.1, 0.15) is 12.5 Å². The molecule has 2 heterocycles. The third kappa shape index (κ3) is 4.46. The van der Waals surface area contributed by atoms with Crippen molar-refractivity contribution in [2.45, 2.75) is 31.6 Å². The van der Waals surface area contributed by atoms with Crippen molar-refractivity contribution < 1.29 is 28.5 Å². The van der Waals surface area contributed by atoms with Crippen molar-refractivity contribution >= 4 is 29.1 Å². The number of hydrogen-bond donors (Lipinski definition) is 0. The van der Waals surface area contributed by atoms with Crippen LogP contribution in [0.3, 0.4) is 0 Å². The van der Waals surface area contributed by atoms with Crippen molar-refractivity contribution in [2.24, 2.45) is 10.9 Å². The maximum absolute atomic E-state index is 13.7. The van der Waals surface area contributed by atoms with E-state index in [1.807, 2.05) is 30.3 Å². The first-order chi connectivity index (χ1) is 17.0. The number of nitrogens with zero attached hydrogens (tertiary/aromatic N) is 1. The summed E-state index contributed by atoms with van der Waals surface area (Å²) in [5.74, 6) is -0.839. The van der Waals surface area contributed by atoms with Crippen LogP contribution in [-0.2, 0) is 19.1 Å². The number of ketones is 1. The second kappa shape index (κ2) is 9.84. The number of allylic oxidation sites excluding steroid dienone is 2. The lowest BCUT2D eigenvalue weighted by atomic mass is 9.69. The molecular weight excluding hydrogens is 470 g/mol. The van der Waals surface area contributed by atoms with E-state index < -0.39 is 17.8 Å². The summed E-state index contributed by atoms with van der Waals surface area (Å²) in [4.78, 5) is 31.7. The molecule has 0 spiro atoms. The second-order valence-corrected chi connectivity index (χ2v) is 9.30. The number of methoxy groups -OCH3 is 1. The molecule has 182 valence electrons. The summed E-state index contributed by atoms with van der Waals surface area (Å²) >= 11 is 6.71. The predicted molar refractivity (Wildman–Crippen MR) is 130 cm³/mol. The molecule has 3 aliphatic rings. The van der Waals surface area contributed by atoms with Crippen molar-refractivity contribution in [1.29, 1.82) is 0 Å². The first-order valence-corrected chi connectivity index (χ1v) is 12.0. The zero-order chi connectivity index (χ0) is 24.5. The van der Waals surface area contributed by atoms with Gasteiger partial charge in [-0.1, -0.05) is 41.9 Å². The van der Waals surface area contributed by atoms with E-state index in [-0.39, 0.29) is 31.7 Å². The number of esters is 1. The van der Waals surface area contributed by atoms with Crippen molar-refractivity contribution in [3.8, 4) is 11.5 Å². The third-order valence-electron chi connectivity index (χ3n) is 6.77. The number of aliphatic imine (C=N–C) groups is 1. The van der Waals surface area contributed by atoms with E-state index in [2.05, 4.69) is 0 Å². The Bertz CT molecular complexity index is 1220. The van der Waals surface area contributed by atoms with E-state index in [9.17, 15) is 9.59 Å². The number of Topliss-reactive ketones (excluding diaryl/α,β-unsaturated/α-hetero) is 1. The first-order valence-electron chi connectivity index (χ1n) is 11.6. The van der Waals surface area contributed by atoms with E-state index in [1.54, 1.807) is 19.1 Å². The third-order valence-corrected chi connectivity index (χ3v) is 7.10. The van der Waals surface area contributed by atoms with E-state index in [1.165, 1.54) is 7.11 Å². The van der Waals surface area contributed by atoms with Crippen molar-refractivity contribution in [3.63, 3.8) is 0 Å². The minimum Gasteiger partial charge on any atom is -0.463 e. The molecule has 1 unspecified atom stereocenters. The average Bonchev–Trinajstić information content (AvgIpc) is 3.30. The summed E-state index contributed by atoms with van der Waals surface area (Å²) in [5.41, 5.74) is 3.54. The molecule has 0 bridgehead atoms. The van der Waals surface area contributed by atoms with Gasteiger partial charge in [-0.3, -0.25) is 14.6 Å². The van der Waals surface area contributed by atoms with Gasteiger partial charge in [0, 0.05) is 47.5 Å². The van der Waals surface area contributed by atoms with Crippen LogP contribution >= 0.6 is 11.6 Å². The minimum atomic E-state index is -0.791. The topological polar surface area (TPSA) is 83.4 Å². The fraction of sp³-hybridized carbons (Fsp3) is 0.370. The van der Waals surface area contributed by atoms with Gasteiger partial charge in [0.05, 0.1) is 6.61 Å². The molecule has 7 nitrogen and oxygen atoms in total. The predicted octanol–water partition coefficient (Wildman–Crippen LogP) is 4.83. The molecule has 2 aromatic rings. The van der Waals surface area contributed by atoms with Crippen LogP contribution in [-0.4, -0.2) is 44.6 Å². The molecular formula is C27H26ClNO6. The quantitative estimate of drug-likeness (QED) is 0.421. The van der Waals surface area contributed by atoms with Gasteiger partial charge in [0.25, 0.3) is 0 Å². The molecule has 0 aromatic heterocycles. The van der Waals surface area contributed by atoms with Gasteiger partial charge in [-0.25, -0.2) is 0 Å². The Labute approximate surface area is 208 Å². The molecule has 1 aliphatic carbocycles. The molecule has 0 N–H and O–H groups in total. The van der Waals surface area contributed by atoms with Gasteiger partial charge in [0.15, 0.2) is 17.3 Å². The van der Waals surface area contributed by atoms with Crippen LogP contribution in [0.15, 0.2) is 58.7 Å². The summed E-state index contributed by atoms with van der Waals surface area (Å²) < 4.78 is 21.6. The number of carbonyl (C=O) groups excluding carboxylic acids is 2. The lowest BCUT2D eigenvalue weighted by Crippen LogP contribution is -2.38. The highest BCUT2D eigenvalue weighted by molar-refractivity contribution is 6.32. The normalized spacial score (nSPS) is 23.1. The molecule has 0 saturated carbocycles. The Kier molecular flexibility index (Phi) is 6.62. The van der Waals surface area contributed by atoms with E-state index in [4.69, 9.17) is 35.5 Å². The minimum absolute atomic E-state index is 0.0251. The highest BCUT2D eigenvalue weighted by Crippen LogP contribution is 2.50. The van der Waals surface area contributed by atoms with Crippen molar-refractivity contribution in [2.75, 3.05) is 27.1 Å². The number of halogens is 1. The van der Waals surface area contributed by atoms with Crippen molar-refractivity contribution in [1.82, 2.24) is 0 Å². The number of rotatable bonds is 6. The van der Waals surface area contributed by atoms with Crippen LogP contribution in [0.25, 0.3) is 0 Å². The maximum Gasteiger partial charge on any atom is 0.315 e. The Hall–Kier alpha value is -3.16. The average molecular weight is 496 g/mol. The molecule has 0 saturated heterocycles. The molecule has 5 rings (SSSR count). The Morgan fingerprint density at radius 1 is 1.11 bits per heavy atom. The van der Waals surface area contributed by atoms with Crippen molar-refractivity contribution in [3.05, 3.63) is 69.9 Å². The SMILES string of the molecule is COCCOC(=O)C1C(C)=NC2=C(C(=O)C[C@@H](c3ccccc3)C2)[C@H]1c1cc2c(cc1Cl)OCO2. The van der Waals surface area contributed by atoms with Gasteiger partial charge in [-0.05, 0) is 36.5 Å². The number of fused-ring (bicyclic) bond motifs is 1. The number of carbonyl (C=O) groups is 2. The molecule has 0 amide bonds. The Morgan fingerprint density at radius 2 is 1.86 bits per heavy atom. The summed E-state index contributed by atoms with van der Waals surface area (Å²) in [6, 6.07) is 13.4.